The van der Waals surface area contributed by atoms with Crippen molar-refractivity contribution in [2.75, 3.05) is 13.1 Å². The number of benzene rings is 2. The van der Waals surface area contributed by atoms with Crippen LogP contribution in [-0.4, -0.2) is 36.9 Å². The highest BCUT2D eigenvalue weighted by atomic mass is 35.5. The van der Waals surface area contributed by atoms with Gasteiger partial charge >= 0.3 is 0 Å². The minimum Gasteiger partial charge on any atom is -0.473 e. The fourth-order valence-electron chi connectivity index (χ4n) is 3.08. The Morgan fingerprint density at radius 1 is 1.15 bits per heavy atom. The molecule has 0 bridgehead atoms. The van der Waals surface area contributed by atoms with Gasteiger partial charge in [0.2, 0.25) is 15.9 Å². The molecule has 2 aromatic carbocycles. The Morgan fingerprint density at radius 3 is 2.78 bits per heavy atom. The van der Waals surface area contributed by atoms with Crippen molar-refractivity contribution < 1.29 is 17.5 Å². The molecule has 5 nitrogen and oxygen atoms in total. The lowest BCUT2D eigenvalue weighted by atomic mass is 10.2. The summed E-state index contributed by atoms with van der Waals surface area (Å²) in [5.41, 5.74) is 0.818. The molecule has 0 N–H and O–H groups in total. The summed E-state index contributed by atoms with van der Waals surface area (Å²) in [7, 11) is -3.76. The number of para-hydroxylation sites is 1. The van der Waals surface area contributed by atoms with Crippen molar-refractivity contribution in [3.05, 3.63) is 65.4 Å². The lowest BCUT2D eigenvalue weighted by Gasteiger charge is -2.17. The second-order valence-corrected chi connectivity index (χ2v) is 8.65. The van der Waals surface area contributed by atoms with E-state index in [1.165, 1.54) is 10.4 Å². The maximum atomic E-state index is 13.3. The van der Waals surface area contributed by atoms with Crippen molar-refractivity contribution in [3.8, 4) is 5.88 Å². The summed E-state index contributed by atoms with van der Waals surface area (Å²) in [4.78, 5) is 4.43. The molecular formula is C19H16ClFN2O3S. The molecule has 0 unspecified atom stereocenters. The standard InChI is InChI=1S/C19H16ClFN2O3S/c20-16-11-15(6-7-17(16)21)27(24,25)23-10-9-14(12-23)26-19-8-5-13-3-1-2-4-18(13)22-19/h1-8,11,14H,9-10,12H2/t14-/m0/s1. The third-order valence-electron chi connectivity index (χ3n) is 4.50. The van der Waals surface area contributed by atoms with E-state index in [1.54, 1.807) is 6.07 Å². The Labute approximate surface area is 161 Å². The lowest BCUT2D eigenvalue weighted by Crippen LogP contribution is -2.31. The van der Waals surface area contributed by atoms with Gasteiger partial charge in [-0.05, 0) is 36.8 Å². The van der Waals surface area contributed by atoms with E-state index in [0.717, 1.165) is 23.0 Å². The minimum atomic E-state index is -3.76. The second kappa shape index (κ2) is 7.07. The van der Waals surface area contributed by atoms with Gasteiger partial charge < -0.3 is 4.74 Å². The SMILES string of the molecule is O=S(=O)(c1ccc(F)c(Cl)c1)N1CC[C@H](Oc2ccc3ccccc3n2)C1. The average Bonchev–Trinajstić information content (AvgIpc) is 3.13. The van der Waals surface area contributed by atoms with Crippen molar-refractivity contribution in [1.29, 1.82) is 0 Å². The fourth-order valence-corrected chi connectivity index (χ4v) is 4.84. The molecule has 1 aromatic heterocycles. The molecule has 0 spiro atoms. The quantitative estimate of drug-likeness (QED) is 0.660. The molecule has 3 aromatic rings. The summed E-state index contributed by atoms with van der Waals surface area (Å²) in [6.45, 7) is 0.515. The average molecular weight is 407 g/mol. The molecule has 0 aliphatic carbocycles. The van der Waals surface area contributed by atoms with Gasteiger partial charge in [-0.25, -0.2) is 17.8 Å². The van der Waals surface area contributed by atoms with Crippen LogP contribution in [0.25, 0.3) is 10.9 Å². The molecule has 1 aliphatic rings. The highest BCUT2D eigenvalue weighted by Crippen LogP contribution is 2.27. The Kier molecular flexibility index (Phi) is 4.75. The predicted octanol–water partition coefficient (Wildman–Crippen LogP) is 3.87. The molecule has 4 rings (SSSR count). The van der Waals surface area contributed by atoms with Crippen LogP contribution in [0.15, 0.2) is 59.5 Å². The zero-order valence-corrected chi connectivity index (χ0v) is 15.8. The van der Waals surface area contributed by atoms with Crippen LogP contribution in [0, 0.1) is 5.82 Å². The van der Waals surface area contributed by atoms with Crippen molar-refractivity contribution >= 4 is 32.5 Å². The van der Waals surface area contributed by atoms with Gasteiger partial charge in [-0.3, -0.25) is 0 Å². The van der Waals surface area contributed by atoms with E-state index in [2.05, 4.69) is 4.98 Å². The van der Waals surface area contributed by atoms with E-state index in [0.29, 0.717) is 18.8 Å². The summed E-state index contributed by atoms with van der Waals surface area (Å²) in [6.07, 6.45) is 0.243. The number of hydrogen-bond donors (Lipinski definition) is 0. The van der Waals surface area contributed by atoms with Crippen molar-refractivity contribution in [2.24, 2.45) is 0 Å². The normalized spacial score (nSPS) is 18.1. The topological polar surface area (TPSA) is 59.5 Å². The maximum absolute atomic E-state index is 13.3. The lowest BCUT2D eigenvalue weighted by molar-refractivity contribution is 0.207. The zero-order chi connectivity index (χ0) is 19.0. The first-order valence-electron chi connectivity index (χ1n) is 8.41. The van der Waals surface area contributed by atoms with Gasteiger partial charge in [0.25, 0.3) is 0 Å². The van der Waals surface area contributed by atoms with Crippen molar-refractivity contribution in [2.45, 2.75) is 17.4 Å². The van der Waals surface area contributed by atoms with Gasteiger partial charge in [-0.2, -0.15) is 4.31 Å². The monoisotopic (exact) mass is 406 g/mol. The van der Waals surface area contributed by atoms with Crippen LogP contribution in [-0.2, 0) is 10.0 Å². The Morgan fingerprint density at radius 2 is 1.96 bits per heavy atom. The van der Waals surface area contributed by atoms with Crippen molar-refractivity contribution in [3.63, 3.8) is 0 Å². The molecule has 0 radical (unpaired) electrons. The first-order valence-corrected chi connectivity index (χ1v) is 10.2. The molecule has 8 heteroatoms. The Hall–Kier alpha value is -2.22. The summed E-state index contributed by atoms with van der Waals surface area (Å²) in [6, 6.07) is 14.8. The van der Waals surface area contributed by atoms with Crippen LogP contribution in [0.5, 0.6) is 5.88 Å². The van der Waals surface area contributed by atoms with Gasteiger partial charge in [0.15, 0.2) is 0 Å². The number of nitrogens with zero attached hydrogens (tertiary/aromatic N) is 2. The smallest absolute Gasteiger partial charge is 0.243 e. The van der Waals surface area contributed by atoms with Crippen LogP contribution in [0.4, 0.5) is 4.39 Å². The summed E-state index contributed by atoms with van der Waals surface area (Å²) in [5, 5.41) is 0.789. The molecule has 1 aliphatic heterocycles. The predicted molar refractivity (Wildman–Crippen MR) is 101 cm³/mol. The third-order valence-corrected chi connectivity index (χ3v) is 6.65. The number of aromatic nitrogens is 1. The first kappa shape index (κ1) is 18.2. The molecule has 0 saturated carbocycles. The molecule has 2 heterocycles. The summed E-state index contributed by atoms with van der Waals surface area (Å²) >= 11 is 5.72. The number of pyridine rings is 1. The Bertz CT molecular complexity index is 1110. The number of sulfonamides is 1. The fraction of sp³-hybridized carbons (Fsp3) is 0.211. The van der Waals surface area contributed by atoms with E-state index in [4.69, 9.17) is 16.3 Å². The van der Waals surface area contributed by atoms with Gasteiger partial charge in [0, 0.05) is 18.0 Å². The van der Waals surface area contributed by atoms with Gasteiger partial charge in [-0.15, -0.1) is 0 Å². The molecule has 1 atom stereocenters. The number of rotatable bonds is 4. The largest absolute Gasteiger partial charge is 0.473 e. The number of ether oxygens (including phenoxy) is 1. The van der Waals surface area contributed by atoms with Gasteiger partial charge in [-0.1, -0.05) is 29.8 Å². The molecular weight excluding hydrogens is 391 g/mol. The van der Waals surface area contributed by atoms with E-state index < -0.39 is 15.8 Å². The van der Waals surface area contributed by atoms with Crippen LogP contribution in [0.2, 0.25) is 5.02 Å². The van der Waals surface area contributed by atoms with E-state index in [1.807, 2.05) is 30.3 Å². The van der Waals surface area contributed by atoms with E-state index in [9.17, 15) is 12.8 Å². The first-order chi connectivity index (χ1) is 12.9. The molecule has 1 fully saturated rings. The maximum Gasteiger partial charge on any atom is 0.243 e. The summed E-state index contributed by atoms with van der Waals surface area (Å²) < 4.78 is 46.0. The number of hydrogen-bond acceptors (Lipinski definition) is 4. The molecule has 27 heavy (non-hydrogen) atoms. The van der Waals surface area contributed by atoms with Crippen LogP contribution in [0.1, 0.15) is 6.42 Å². The highest BCUT2D eigenvalue weighted by molar-refractivity contribution is 7.89. The second-order valence-electron chi connectivity index (χ2n) is 6.31. The van der Waals surface area contributed by atoms with E-state index >= 15 is 0 Å². The van der Waals surface area contributed by atoms with Crippen molar-refractivity contribution in [1.82, 2.24) is 9.29 Å². The number of halogens is 2. The zero-order valence-electron chi connectivity index (χ0n) is 14.2. The van der Waals surface area contributed by atoms with Crippen LogP contribution >= 0.6 is 11.6 Å². The van der Waals surface area contributed by atoms with Crippen LogP contribution < -0.4 is 4.74 Å². The van der Waals surface area contributed by atoms with Gasteiger partial charge in [0.1, 0.15) is 11.9 Å². The minimum absolute atomic E-state index is 0.0293. The molecule has 1 saturated heterocycles. The number of fused-ring (bicyclic) bond motifs is 1. The van der Waals surface area contributed by atoms with Crippen LogP contribution in [0.3, 0.4) is 0 Å². The molecule has 0 amide bonds. The van der Waals surface area contributed by atoms with Gasteiger partial charge in [0.05, 0.1) is 22.0 Å². The Balaban J connectivity index is 1.49. The summed E-state index contributed by atoms with van der Waals surface area (Å²) in [5.74, 6) is -0.191. The molecule has 140 valence electrons. The third kappa shape index (κ3) is 3.63. The highest BCUT2D eigenvalue weighted by Gasteiger charge is 2.34. The van der Waals surface area contributed by atoms with E-state index in [-0.39, 0.29) is 22.6 Å².